The molecule has 0 unspecified atom stereocenters. The van der Waals surface area contributed by atoms with Gasteiger partial charge in [0.2, 0.25) is 0 Å². The predicted molar refractivity (Wildman–Crippen MR) is 85.7 cm³/mol. The number of hydrogen-bond donors (Lipinski definition) is 2. The predicted octanol–water partition coefficient (Wildman–Crippen LogP) is 0.426. The smallest absolute Gasteiger partial charge is 0.341 e. The van der Waals surface area contributed by atoms with Crippen LogP contribution in [0.5, 0.6) is 0 Å². The molecule has 1 aliphatic rings. The number of hydrogen-bond acceptors (Lipinski definition) is 6. The summed E-state index contributed by atoms with van der Waals surface area (Å²) in [6.45, 7) is 3.20. The van der Waals surface area contributed by atoms with Gasteiger partial charge in [0.1, 0.15) is 0 Å². The van der Waals surface area contributed by atoms with Crippen LogP contribution in [-0.4, -0.2) is 43.9 Å². The number of para-hydroxylation sites is 1. The van der Waals surface area contributed by atoms with Crippen LogP contribution in [0.4, 0.5) is 5.69 Å². The van der Waals surface area contributed by atoms with Crippen molar-refractivity contribution in [2.24, 2.45) is 0 Å². The molecule has 2 rings (SSSR count). The third kappa shape index (κ3) is 4.22. The Morgan fingerprint density at radius 1 is 1.39 bits per heavy atom. The van der Waals surface area contributed by atoms with E-state index in [0.717, 1.165) is 5.56 Å². The average Bonchev–Trinajstić information content (AvgIpc) is 2.80. The second kappa shape index (κ2) is 6.57. The van der Waals surface area contributed by atoms with Crippen LogP contribution >= 0.6 is 0 Å². The van der Waals surface area contributed by atoms with Crippen LogP contribution in [0.15, 0.2) is 18.2 Å². The zero-order valence-electron chi connectivity index (χ0n) is 13.0. The Hall–Kier alpha value is -2.09. The van der Waals surface area contributed by atoms with E-state index in [1.54, 1.807) is 19.1 Å². The molecule has 1 aromatic rings. The molecule has 0 aliphatic carbocycles. The fourth-order valence-corrected chi connectivity index (χ4v) is 4.04. The molecule has 1 aromatic carbocycles. The molecule has 1 saturated heterocycles. The fraction of sp³-hybridized carbons (Fsp3) is 0.467. The number of esters is 1. The molecule has 0 bridgehead atoms. The van der Waals surface area contributed by atoms with Crippen molar-refractivity contribution in [3.05, 3.63) is 29.3 Å². The van der Waals surface area contributed by atoms with E-state index in [1.165, 1.54) is 13.0 Å². The minimum Gasteiger partial charge on any atom is -0.449 e. The lowest BCUT2D eigenvalue weighted by molar-refractivity contribution is -0.129. The van der Waals surface area contributed by atoms with Gasteiger partial charge in [-0.25, -0.2) is 13.2 Å². The van der Waals surface area contributed by atoms with E-state index >= 15 is 0 Å². The van der Waals surface area contributed by atoms with Gasteiger partial charge < -0.3 is 15.8 Å². The Balaban J connectivity index is 1.95. The lowest BCUT2D eigenvalue weighted by Crippen LogP contribution is -2.42. The topological polar surface area (TPSA) is 116 Å². The Kier molecular flexibility index (Phi) is 4.93. The minimum atomic E-state index is -3.08. The van der Waals surface area contributed by atoms with E-state index in [2.05, 4.69) is 5.32 Å². The standard InChI is InChI=1S/C15H20N2O5S/c1-9-4-3-5-12(13(9)16)15(19)22-10(2)14(18)17-11-6-7-23(20,21)8-11/h3-5,10-11H,6-8,16H2,1-2H3,(H,17,18)/t10-,11+/m0/s1. The molecular formula is C15H20N2O5S. The zero-order chi connectivity index (χ0) is 17.2. The first-order chi connectivity index (χ1) is 10.7. The summed E-state index contributed by atoms with van der Waals surface area (Å²) in [6, 6.07) is 4.54. The summed E-state index contributed by atoms with van der Waals surface area (Å²) in [5.74, 6) is -1.23. The summed E-state index contributed by atoms with van der Waals surface area (Å²) in [5, 5.41) is 2.59. The highest BCUT2D eigenvalue weighted by Gasteiger charge is 2.31. The van der Waals surface area contributed by atoms with Crippen molar-refractivity contribution in [1.82, 2.24) is 5.32 Å². The zero-order valence-corrected chi connectivity index (χ0v) is 13.9. The molecule has 1 aliphatic heterocycles. The number of benzene rings is 1. The molecule has 23 heavy (non-hydrogen) atoms. The van der Waals surface area contributed by atoms with E-state index in [-0.39, 0.29) is 17.1 Å². The maximum absolute atomic E-state index is 12.1. The second-order valence-corrected chi connectivity index (χ2v) is 7.92. The van der Waals surface area contributed by atoms with E-state index in [9.17, 15) is 18.0 Å². The number of nitrogen functional groups attached to an aromatic ring is 1. The van der Waals surface area contributed by atoms with Gasteiger partial charge in [0.05, 0.1) is 17.1 Å². The maximum atomic E-state index is 12.1. The summed E-state index contributed by atoms with van der Waals surface area (Å²) in [6.07, 6.45) is -0.662. The molecule has 7 nitrogen and oxygen atoms in total. The normalized spacial score (nSPS) is 20.7. The maximum Gasteiger partial charge on any atom is 0.341 e. The van der Waals surface area contributed by atoms with Crippen molar-refractivity contribution in [3.63, 3.8) is 0 Å². The number of nitrogens with two attached hydrogens (primary N) is 1. The highest BCUT2D eigenvalue weighted by Crippen LogP contribution is 2.18. The molecule has 1 amide bonds. The van der Waals surface area contributed by atoms with Gasteiger partial charge in [-0.3, -0.25) is 4.79 Å². The van der Waals surface area contributed by atoms with Gasteiger partial charge in [0, 0.05) is 11.7 Å². The number of sulfone groups is 1. The highest BCUT2D eigenvalue weighted by molar-refractivity contribution is 7.91. The van der Waals surface area contributed by atoms with Crippen molar-refractivity contribution in [2.45, 2.75) is 32.4 Å². The SMILES string of the molecule is Cc1cccc(C(=O)O[C@@H](C)C(=O)N[C@@H]2CCS(=O)(=O)C2)c1N. The molecule has 3 N–H and O–H groups in total. The van der Waals surface area contributed by atoms with Gasteiger partial charge in [-0.1, -0.05) is 12.1 Å². The monoisotopic (exact) mass is 340 g/mol. The van der Waals surface area contributed by atoms with Gasteiger partial charge in [0.15, 0.2) is 15.9 Å². The number of amides is 1. The summed E-state index contributed by atoms with van der Waals surface area (Å²) in [4.78, 5) is 24.1. The van der Waals surface area contributed by atoms with Crippen LogP contribution in [0, 0.1) is 6.92 Å². The first-order valence-electron chi connectivity index (χ1n) is 7.26. The Morgan fingerprint density at radius 3 is 2.70 bits per heavy atom. The number of carbonyl (C=O) groups is 2. The van der Waals surface area contributed by atoms with Gasteiger partial charge in [-0.15, -0.1) is 0 Å². The third-order valence-corrected chi connectivity index (χ3v) is 5.54. The number of carbonyl (C=O) groups excluding carboxylic acids is 2. The van der Waals surface area contributed by atoms with Crippen LogP contribution in [0.1, 0.15) is 29.3 Å². The van der Waals surface area contributed by atoms with E-state index in [0.29, 0.717) is 12.1 Å². The van der Waals surface area contributed by atoms with Gasteiger partial charge >= 0.3 is 5.97 Å². The quantitative estimate of drug-likeness (QED) is 0.606. The van der Waals surface area contributed by atoms with Crippen molar-refractivity contribution < 1.29 is 22.7 Å². The number of aryl methyl sites for hydroxylation is 1. The molecular weight excluding hydrogens is 320 g/mol. The lowest BCUT2D eigenvalue weighted by Gasteiger charge is -2.17. The van der Waals surface area contributed by atoms with Gasteiger partial charge in [-0.2, -0.15) is 0 Å². The molecule has 2 atom stereocenters. The molecule has 0 radical (unpaired) electrons. The summed E-state index contributed by atoms with van der Waals surface area (Å²) in [5.41, 5.74) is 7.09. The van der Waals surface area contributed by atoms with E-state index < -0.39 is 33.9 Å². The van der Waals surface area contributed by atoms with E-state index in [4.69, 9.17) is 10.5 Å². The van der Waals surface area contributed by atoms with Crippen molar-refractivity contribution >= 4 is 27.4 Å². The van der Waals surface area contributed by atoms with Crippen LogP contribution in [0.3, 0.4) is 0 Å². The van der Waals surface area contributed by atoms with Crippen molar-refractivity contribution in [3.8, 4) is 0 Å². The average molecular weight is 340 g/mol. The molecule has 1 heterocycles. The Bertz CT molecular complexity index is 729. The number of rotatable bonds is 4. The third-order valence-electron chi connectivity index (χ3n) is 3.78. The summed E-state index contributed by atoms with van der Waals surface area (Å²) >= 11 is 0. The largest absolute Gasteiger partial charge is 0.449 e. The molecule has 0 aromatic heterocycles. The van der Waals surface area contributed by atoms with E-state index in [1.807, 2.05) is 0 Å². The Morgan fingerprint density at radius 2 is 2.09 bits per heavy atom. The van der Waals surface area contributed by atoms with Crippen LogP contribution in [0.25, 0.3) is 0 Å². The fourth-order valence-electron chi connectivity index (χ4n) is 2.36. The van der Waals surface area contributed by atoms with Crippen molar-refractivity contribution in [1.29, 1.82) is 0 Å². The summed E-state index contributed by atoms with van der Waals surface area (Å²) in [7, 11) is -3.08. The summed E-state index contributed by atoms with van der Waals surface area (Å²) < 4.78 is 27.9. The van der Waals surface area contributed by atoms with Crippen LogP contribution in [-0.2, 0) is 19.4 Å². The van der Waals surface area contributed by atoms with Crippen LogP contribution < -0.4 is 11.1 Å². The number of nitrogens with one attached hydrogen (secondary N) is 1. The highest BCUT2D eigenvalue weighted by atomic mass is 32.2. The lowest BCUT2D eigenvalue weighted by atomic mass is 10.1. The van der Waals surface area contributed by atoms with Gasteiger partial charge in [-0.05, 0) is 31.9 Å². The Labute approximate surface area is 135 Å². The number of anilines is 1. The molecule has 0 spiro atoms. The first kappa shape index (κ1) is 17.3. The van der Waals surface area contributed by atoms with Crippen molar-refractivity contribution in [2.75, 3.05) is 17.2 Å². The minimum absolute atomic E-state index is 0.0614. The number of ether oxygens (including phenoxy) is 1. The first-order valence-corrected chi connectivity index (χ1v) is 9.08. The molecule has 0 saturated carbocycles. The molecule has 8 heteroatoms. The second-order valence-electron chi connectivity index (χ2n) is 5.69. The van der Waals surface area contributed by atoms with Crippen LogP contribution in [0.2, 0.25) is 0 Å². The van der Waals surface area contributed by atoms with Gasteiger partial charge in [0.25, 0.3) is 5.91 Å². The molecule has 1 fully saturated rings. The molecule has 126 valence electrons.